The number of hydrogen-bond acceptors (Lipinski definition) is 7. The predicted molar refractivity (Wildman–Crippen MR) is 114 cm³/mol. The first-order valence-corrected chi connectivity index (χ1v) is 10.9. The Morgan fingerprint density at radius 1 is 1.32 bits per heavy atom. The van der Waals surface area contributed by atoms with Crippen LogP contribution in [-0.4, -0.2) is 61.4 Å². The third kappa shape index (κ3) is 5.27. The minimum Gasteiger partial charge on any atom is -0.480 e. The highest BCUT2D eigenvalue weighted by Crippen LogP contribution is 2.36. The summed E-state index contributed by atoms with van der Waals surface area (Å²) < 4.78 is 5.62. The van der Waals surface area contributed by atoms with E-state index in [9.17, 15) is 19.5 Å². The summed E-state index contributed by atoms with van der Waals surface area (Å²) in [5.74, 6) is -1.81. The molecule has 0 aromatic heterocycles. The minimum atomic E-state index is -1.11. The van der Waals surface area contributed by atoms with Gasteiger partial charge in [0.1, 0.15) is 16.1 Å². The summed E-state index contributed by atoms with van der Waals surface area (Å²) in [7, 11) is 0. The molecule has 7 nitrogen and oxygen atoms in total. The number of carbonyl (C=O) groups excluding carboxylic acids is 1. The Kier molecular flexibility index (Phi) is 7.90. The molecule has 2 rings (SSSR count). The van der Waals surface area contributed by atoms with Crippen LogP contribution < -0.4 is 4.74 Å². The van der Waals surface area contributed by atoms with Crippen LogP contribution in [0, 0.1) is 0 Å². The second-order valence-electron chi connectivity index (χ2n) is 5.82. The number of para-hydroxylation sites is 1. The van der Waals surface area contributed by atoms with Crippen molar-refractivity contribution in [2.24, 2.45) is 0 Å². The predicted octanol–water partition coefficient (Wildman–Crippen LogP) is 2.95. The Labute approximate surface area is 176 Å². The topological polar surface area (TPSA) is 104 Å². The van der Waals surface area contributed by atoms with Crippen molar-refractivity contribution < 1.29 is 29.3 Å². The SMILES string of the molecule is CSCCC(C(=O)O)N1C(=O)/C(=C/c2ccccc2OC(C)C(=O)O)SC1=S. The fourth-order valence-corrected chi connectivity index (χ4v) is 4.24. The maximum atomic E-state index is 12.8. The smallest absolute Gasteiger partial charge is 0.344 e. The molecule has 1 amide bonds. The molecule has 1 aliphatic rings. The van der Waals surface area contributed by atoms with Crippen LogP contribution in [0.15, 0.2) is 29.2 Å². The molecule has 28 heavy (non-hydrogen) atoms. The Bertz CT molecular complexity index is 825. The maximum absolute atomic E-state index is 12.8. The summed E-state index contributed by atoms with van der Waals surface area (Å²) in [6.07, 6.45) is 2.62. The molecule has 2 N–H and O–H groups in total. The fraction of sp³-hybridized carbons (Fsp3) is 0.333. The lowest BCUT2D eigenvalue weighted by molar-refractivity contribution is -0.145. The van der Waals surface area contributed by atoms with Crippen LogP contribution >= 0.6 is 35.7 Å². The van der Waals surface area contributed by atoms with Gasteiger partial charge in [0.25, 0.3) is 5.91 Å². The standard InChI is InChI=1S/C18H19NO6S3/c1-10(16(21)22)25-13-6-4-3-5-11(13)9-14-15(20)19(18(26)28-14)12(17(23)24)7-8-27-2/h3-6,9-10,12H,7-8H2,1-2H3,(H,21,22)(H,23,24)/b14-9-. The number of nitrogens with zero attached hydrogens (tertiary/aromatic N) is 1. The summed E-state index contributed by atoms with van der Waals surface area (Å²) in [5.41, 5.74) is 0.507. The molecule has 0 bridgehead atoms. The average molecular weight is 442 g/mol. The number of carboxylic acids is 2. The van der Waals surface area contributed by atoms with Crippen molar-refractivity contribution in [2.75, 3.05) is 12.0 Å². The minimum absolute atomic E-state index is 0.182. The molecule has 0 spiro atoms. The molecule has 1 aliphatic heterocycles. The number of ether oxygens (including phenoxy) is 1. The molecule has 1 fully saturated rings. The van der Waals surface area contributed by atoms with Crippen LogP contribution in [0.25, 0.3) is 6.08 Å². The van der Waals surface area contributed by atoms with Crippen molar-refractivity contribution in [1.82, 2.24) is 4.90 Å². The molecule has 2 unspecified atom stereocenters. The van der Waals surface area contributed by atoms with Crippen molar-refractivity contribution in [1.29, 1.82) is 0 Å². The quantitative estimate of drug-likeness (QED) is 0.442. The molecule has 0 radical (unpaired) electrons. The van der Waals surface area contributed by atoms with Gasteiger partial charge in [0.05, 0.1) is 4.91 Å². The van der Waals surface area contributed by atoms with Gasteiger partial charge in [0.15, 0.2) is 6.10 Å². The summed E-state index contributed by atoms with van der Waals surface area (Å²) in [6, 6.07) is 5.67. The van der Waals surface area contributed by atoms with Crippen LogP contribution in [-0.2, 0) is 14.4 Å². The van der Waals surface area contributed by atoms with E-state index in [0.29, 0.717) is 17.1 Å². The summed E-state index contributed by atoms with van der Waals surface area (Å²) in [5, 5.41) is 18.5. The highest BCUT2D eigenvalue weighted by atomic mass is 32.2. The van der Waals surface area contributed by atoms with Crippen molar-refractivity contribution >= 4 is 64.0 Å². The van der Waals surface area contributed by atoms with E-state index in [2.05, 4.69) is 0 Å². The highest BCUT2D eigenvalue weighted by Gasteiger charge is 2.40. The summed E-state index contributed by atoms with van der Waals surface area (Å²) >= 11 is 7.75. The molecule has 10 heteroatoms. The lowest BCUT2D eigenvalue weighted by Gasteiger charge is -2.22. The van der Waals surface area contributed by atoms with E-state index in [-0.39, 0.29) is 15.6 Å². The Balaban J connectivity index is 2.31. The number of benzene rings is 1. The molecular weight excluding hydrogens is 422 g/mol. The first-order valence-electron chi connectivity index (χ1n) is 8.23. The Hall–Kier alpha value is -2.04. The van der Waals surface area contributed by atoms with Crippen LogP contribution in [0.4, 0.5) is 0 Å². The van der Waals surface area contributed by atoms with Gasteiger partial charge in [0.2, 0.25) is 0 Å². The van der Waals surface area contributed by atoms with Gasteiger partial charge in [-0.2, -0.15) is 11.8 Å². The third-order valence-electron chi connectivity index (χ3n) is 3.87. The van der Waals surface area contributed by atoms with Crippen LogP contribution in [0.1, 0.15) is 18.9 Å². The van der Waals surface area contributed by atoms with E-state index >= 15 is 0 Å². The lowest BCUT2D eigenvalue weighted by Crippen LogP contribution is -2.44. The van der Waals surface area contributed by atoms with Crippen molar-refractivity contribution in [3.63, 3.8) is 0 Å². The Morgan fingerprint density at radius 2 is 2.00 bits per heavy atom. The number of rotatable bonds is 9. The molecule has 150 valence electrons. The monoisotopic (exact) mass is 441 g/mol. The van der Waals surface area contributed by atoms with E-state index in [1.807, 2.05) is 6.26 Å². The van der Waals surface area contributed by atoms with Gasteiger partial charge in [-0.1, -0.05) is 42.2 Å². The molecule has 1 aromatic carbocycles. The first kappa shape index (κ1) is 22.3. The second-order valence-corrected chi connectivity index (χ2v) is 8.48. The molecule has 0 aliphatic carbocycles. The fourth-order valence-electron chi connectivity index (χ4n) is 2.43. The number of hydrogen-bond donors (Lipinski definition) is 2. The van der Waals surface area contributed by atoms with E-state index in [4.69, 9.17) is 22.1 Å². The zero-order valence-electron chi connectivity index (χ0n) is 15.2. The number of amides is 1. The van der Waals surface area contributed by atoms with E-state index in [1.54, 1.807) is 24.3 Å². The average Bonchev–Trinajstić information content (AvgIpc) is 2.91. The van der Waals surface area contributed by atoms with Gasteiger partial charge in [0, 0.05) is 5.56 Å². The van der Waals surface area contributed by atoms with Crippen LogP contribution in [0.5, 0.6) is 5.75 Å². The van der Waals surface area contributed by atoms with Gasteiger partial charge in [-0.15, -0.1) is 0 Å². The zero-order valence-corrected chi connectivity index (χ0v) is 17.6. The van der Waals surface area contributed by atoms with Gasteiger partial charge >= 0.3 is 11.9 Å². The molecule has 1 saturated heterocycles. The second kappa shape index (κ2) is 9.94. The number of carbonyl (C=O) groups is 3. The van der Waals surface area contributed by atoms with Crippen molar-refractivity contribution in [2.45, 2.75) is 25.5 Å². The molecule has 2 atom stereocenters. The summed E-state index contributed by atoms with van der Waals surface area (Å²) in [6.45, 7) is 1.40. The molecule has 1 heterocycles. The maximum Gasteiger partial charge on any atom is 0.344 e. The molecular formula is C18H19NO6S3. The highest BCUT2D eigenvalue weighted by molar-refractivity contribution is 8.26. The van der Waals surface area contributed by atoms with Gasteiger partial charge in [-0.3, -0.25) is 9.69 Å². The van der Waals surface area contributed by atoms with E-state index in [1.165, 1.54) is 24.8 Å². The number of thiocarbonyl (C=S) groups is 1. The third-order valence-corrected chi connectivity index (χ3v) is 5.85. The normalized spacial score (nSPS) is 17.6. The number of aliphatic carboxylic acids is 2. The Morgan fingerprint density at radius 3 is 2.61 bits per heavy atom. The van der Waals surface area contributed by atoms with Gasteiger partial charge < -0.3 is 14.9 Å². The molecule has 0 saturated carbocycles. The van der Waals surface area contributed by atoms with Crippen LogP contribution in [0.3, 0.4) is 0 Å². The zero-order chi connectivity index (χ0) is 20.8. The van der Waals surface area contributed by atoms with E-state index < -0.39 is 30.0 Å². The van der Waals surface area contributed by atoms with Crippen molar-refractivity contribution in [3.8, 4) is 5.75 Å². The number of thioether (sulfide) groups is 2. The van der Waals surface area contributed by atoms with Gasteiger partial charge in [-0.25, -0.2) is 9.59 Å². The van der Waals surface area contributed by atoms with E-state index in [0.717, 1.165) is 16.7 Å². The van der Waals surface area contributed by atoms with Gasteiger partial charge in [-0.05, 0) is 37.5 Å². The number of carboxylic acid groups (broad SMARTS) is 2. The summed E-state index contributed by atoms with van der Waals surface area (Å²) in [4.78, 5) is 36.9. The largest absolute Gasteiger partial charge is 0.480 e. The van der Waals surface area contributed by atoms with Crippen LogP contribution in [0.2, 0.25) is 0 Å². The molecule has 1 aromatic rings. The first-order chi connectivity index (χ1) is 13.3. The lowest BCUT2D eigenvalue weighted by atomic mass is 10.1. The van der Waals surface area contributed by atoms with Crippen molar-refractivity contribution in [3.05, 3.63) is 34.7 Å².